The number of aromatic carboxylic acids is 1. The van der Waals surface area contributed by atoms with E-state index in [0.717, 1.165) is 18.8 Å². The van der Waals surface area contributed by atoms with Crippen molar-refractivity contribution in [1.82, 2.24) is 0 Å². The molecule has 0 amide bonds. The molecule has 0 bridgehead atoms. The summed E-state index contributed by atoms with van der Waals surface area (Å²) in [6.45, 7) is 2.90. The van der Waals surface area contributed by atoms with E-state index in [1.807, 2.05) is 0 Å². The molecule has 3 nitrogen and oxygen atoms in total. The van der Waals surface area contributed by atoms with Crippen LogP contribution >= 0.6 is 0 Å². The fraction of sp³-hybridized carbons (Fsp3) is 0.533. The van der Waals surface area contributed by atoms with Crippen LogP contribution in [0.3, 0.4) is 0 Å². The fourth-order valence-corrected chi connectivity index (χ4v) is 2.66. The second-order valence-electron chi connectivity index (χ2n) is 5.47. The van der Waals surface area contributed by atoms with Crippen LogP contribution in [0.25, 0.3) is 0 Å². The minimum atomic E-state index is -1.10. The molecule has 0 aromatic heterocycles. The van der Waals surface area contributed by atoms with Gasteiger partial charge in [-0.3, -0.25) is 0 Å². The van der Waals surface area contributed by atoms with E-state index < -0.39 is 11.8 Å². The minimum absolute atomic E-state index is 0.00387. The Hall–Kier alpha value is -1.58. The summed E-state index contributed by atoms with van der Waals surface area (Å²) >= 11 is 0. The number of rotatable bonds is 4. The SMILES string of the molecule is CC1CCC(CNc2c(F)cccc2C(=O)O)CC1. The third-order valence-corrected chi connectivity index (χ3v) is 3.95. The van der Waals surface area contributed by atoms with Gasteiger partial charge in [0.2, 0.25) is 0 Å². The van der Waals surface area contributed by atoms with Crippen LogP contribution < -0.4 is 5.32 Å². The highest BCUT2D eigenvalue weighted by Crippen LogP contribution is 2.29. The number of carbonyl (C=O) groups is 1. The third-order valence-electron chi connectivity index (χ3n) is 3.95. The van der Waals surface area contributed by atoms with Gasteiger partial charge in [-0.25, -0.2) is 9.18 Å². The van der Waals surface area contributed by atoms with Crippen molar-refractivity contribution in [1.29, 1.82) is 0 Å². The van der Waals surface area contributed by atoms with E-state index in [-0.39, 0.29) is 11.3 Å². The molecule has 1 aromatic rings. The number of nitrogens with one attached hydrogen (secondary N) is 1. The van der Waals surface area contributed by atoms with Gasteiger partial charge >= 0.3 is 5.97 Å². The highest BCUT2D eigenvalue weighted by atomic mass is 19.1. The van der Waals surface area contributed by atoms with Gasteiger partial charge in [0.25, 0.3) is 0 Å². The van der Waals surface area contributed by atoms with Crippen molar-refractivity contribution in [2.24, 2.45) is 11.8 Å². The van der Waals surface area contributed by atoms with E-state index in [4.69, 9.17) is 5.11 Å². The summed E-state index contributed by atoms with van der Waals surface area (Å²) < 4.78 is 13.7. The molecule has 1 aliphatic rings. The van der Waals surface area contributed by atoms with Crippen LogP contribution in [0.4, 0.5) is 10.1 Å². The van der Waals surface area contributed by atoms with Crippen molar-refractivity contribution in [3.63, 3.8) is 0 Å². The molecule has 0 spiro atoms. The van der Waals surface area contributed by atoms with Gasteiger partial charge in [-0.1, -0.05) is 25.8 Å². The van der Waals surface area contributed by atoms with Crippen molar-refractivity contribution >= 4 is 11.7 Å². The summed E-state index contributed by atoms with van der Waals surface area (Å²) in [7, 11) is 0. The number of benzene rings is 1. The van der Waals surface area contributed by atoms with Crippen LogP contribution in [0.5, 0.6) is 0 Å². The Morgan fingerprint density at radius 1 is 1.37 bits per heavy atom. The zero-order chi connectivity index (χ0) is 13.8. The van der Waals surface area contributed by atoms with Gasteiger partial charge in [0.05, 0.1) is 11.3 Å². The summed E-state index contributed by atoms with van der Waals surface area (Å²) in [4.78, 5) is 11.1. The number of halogens is 1. The van der Waals surface area contributed by atoms with E-state index in [9.17, 15) is 9.18 Å². The standard InChI is InChI=1S/C15H20FNO2/c1-10-5-7-11(8-6-10)9-17-14-12(15(18)19)3-2-4-13(14)16/h2-4,10-11,17H,5-9H2,1H3,(H,18,19). The molecule has 2 rings (SSSR count). The molecule has 0 heterocycles. The Morgan fingerprint density at radius 2 is 2.05 bits per heavy atom. The Bertz CT molecular complexity index is 453. The highest BCUT2D eigenvalue weighted by Gasteiger charge is 2.20. The summed E-state index contributed by atoms with van der Waals surface area (Å²) in [5.74, 6) is -0.305. The second kappa shape index (κ2) is 6.04. The quantitative estimate of drug-likeness (QED) is 0.871. The van der Waals surface area contributed by atoms with Crippen molar-refractivity contribution < 1.29 is 14.3 Å². The fourth-order valence-electron chi connectivity index (χ4n) is 2.66. The lowest BCUT2D eigenvalue weighted by Gasteiger charge is -2.26. The van der Waals surface area contributed by atoms with Crippen LogP contribution in [0.1, 0.15) is 43.0 Å². The molecule has 2 N–H and O–H groups in total. The number of carboxylic acid groups (broad SMARTS) is 1. The molecule has 0 atom stereocenters. The van der Waals surface area contributed by atoms with E-state index in [1.54, 1.807) is 0 Å². The zero-order valence-electron chi connectivity index (χ0n) is 11.2. The zero-order valence-corrected chi connectivity index (χ0v) is 11.2. The summed E-state index contributed by atoms with van der Waals surface area (Å²) in [5.41, 5.74) is 0.123. The largest absolute Gasteiger partial charge is 0.478 e. The Kier molecular flexibility index (Phi) is 4.40. The molecule has 0 radical (unpaired) electrons. The average molecular weight is 265 g/mol. The second-order valence-corrected chi connectivity index (χ2v) is 5.47. The first-order valence-corrected chi connectivity index (χ1v) is 6.83. The van der Waals surface area contributed by atoms with Crippen LogP contribution in [0.2, 0.25) is 0 Å². The Balaban J connectivity index is 2.01. The molecule has 104 valence electrons. The molecule has 1 aromatic carbocycles. The van der Waals surface area contributed by atoms with Crippen LogP contribution in [0.15, 0.2) is 18.2 Å². The number of carboxylic acids is 1. The Morgan fingerprint density at radius 3 is 2.68 bits per heavy atom. The molecule has 0 unspecified atom stereocenters. The molecular formula is C15H20FNO2. The predicted molar refractivity (Wildman–Crippen MR) is 73.0 cm³/mol. The van der Waals surface area contributed by atoms with Gasteiger partial charge in [0.15, 0.2) is 0 Å². The summed E-state index contributed by atoms with van der Waals surface area (Å²) in [6.07, 6.45) is 4.67. The highest BCUT2D eigenvalue weighted by molar-refractivity contribution is 5.94. The lowest BCUT2D eigenvalue weighted by atomic mass is 9.83. The Labute approximate surface area is 112 Å². The first kappa shape index (κ1) is 13.8. The van der Waals surface area contributed by atoms with Crippen molar-refractivity contribution in [2.75, 3.05) is 11.9 Å². The molecule has 0 saturated heterocycles. The number of anilines is 1. The monoisotopic (exact) mass is 265 g/mol. The minimum Gasteiger partial charge on any atom is -0.478 e. The first-order valence-electron chi connectivity index (χ1n) is 6.83. The maximum atomic E-state index is 13.7. The molecule has 4 heteroatoms. The number of hydrogen-bond acceptors (Lipinski definition) is 2. The summed E-state index contributed by atoms with van der Waals surface area (Å²) in [6, 6.07) is 4.14. The lowest BCUT2D eigenvalue weighted by Crippen LogP contribution is -2.21. The lowest BCUT2D eigenvalue weighted by molar-refractivity contribution is 0.0697. The van der Waals surface area contributed by atoms with E-state index in [2.05, 4.69) is 12.2 Å². The van der Waals surface area contributed by atoms with Crippen molar-refractivity contribution in [2.45, 2.75) is 32.6 Å². The maximum absolute atomic E-state index is 13.7. The third kappa shape index (κ3) is 3.46. The molecule has 1 aliphatic carbocycles. The van der Waals surface area contributed by atoms with Crippen LogP contribution in [-0.4, -0.2) is 17.6 Å². The smallest absolute Gasteiger partial charge is 0.337 e. The van der Waals surface area contributed by atoms with E-state index in [0.29, 0.717) is 12.5 Å². The molecular weight excluding hydrogens is 245 g/mol. The van der Waals surface area contributed by atoms with Gasteiger partial charge < -0.3 is 10.4 Å². The maximum Gasteiger partial charge on any atom is 0.337 e. The number of para-hydroxylation sites is 1. The molecule has 0 aliphatic heterocycles. The van der Waals surface area contributed by atoms with Gasteiger partial charge in [0.1, 0.15) is 5.82 Å². The van der Waals surface area contributed by atoms with E-state index in [1.165, 1.54) is 31.0 Å². The first-order chi connectivity index (χ1) is 9.08. The normalized spacial score (nSPS) is 23.1. The predicted octanol–water partition coefficient (Wildman–Crippen LogP) is 3.76. The summed E-state index contributed by atoms with van der Waals surface area (Å²) in [5, 5.41) is 12.0. The van der Waals surface area contributed by atoms with Crippen LogP contribution in [0, 0.1) is 17.7 Å². The molecule has 1 saturated carbocycles. The van der Waals surface area contributed by atoms with Gasteiger partial charge in [0, 0.05) is 6.54 Å². The van der Waals surface area contributed by atoms with Gasteiger partial charge in [-0.15, -0.1) is 0 Å². The van der Waals surface area contributed by atoms with Gasteiger partial charge in [-0.05, 0) is 36.8 Å². The van der Waals surface area contributed by atoms with Crippen LogP contribution in [-0.2, 0) is 0 Å². The number of hydrogen-bond donors (Lipinski definition) is 2. The van der Waals surface area contributed by atoms with Gasteiger partial charge in [-0.2, -0.15) is 0 Å². The molecule has 19 heavy (non-hydrogen) atoms. The van der Waals surface area contributed by atoms with E-state index >= 15 is 0 Å². The van der Waals surface area contributed by atoms with Crippen molar-refractivity contribution in [3.8, 4) is 0 Å². The average Bonchev–Trinajstić information content (AvgIpc) is 2.39. The van der Waals surface area contributed by atoms with Crippen molar-refractivity contribution in [3.05, 3.63) is 29.6 Å². The topological polar surface area (TPSA) is 49.3 Å². The molecule has 1 fully saturated rings.